The second kappa shape index (κ2) is 10.9. The van der Waals surface area contributed by atoms with E-state index in [1.807, 2.05) is 6.07 Å². The van der Waals surface area contributed by atoms with Crippen LogP contribution in [0.3, 0.4) is 0 Å². The highest BCUT2D eigenvalue weighted by molar-refractivity contribution is 5.99. The number of ether oxygens (including phenoxy) is 2. The summed E-state index contributed by atoms with van der Waals surface area (Å²) in [7, 11) is 1.56. The smallest absolute Gasteiger partial charge is 0.349 e. The van der Waals surface area contributed by atoms with Gasteiger partial charge in [0.15, 0.2) is 6.10 Å². The molecule has 2 rings (SSSR count). The lowest BCUT2D eigenvalue weighted by Gasteiger charge is -2.15. The van der Waals surface area contributed by atoms with Crippen LogP contribution in [0.4, 0.5) is 0 Å². The lowest BCUT2D eigenvalue weighted by atomic mass is 9.97. The zero-order chi connectivity index (χ0) is 20.4. The topological polar surface area (TPSA) is 88.4 Å². The van der Waals surface area contributed by atoms with Gasteiger partial charge in [-0.3, -0.25) is 4.79 Å². The number of carbonyl (C=O) groups excluding carboxylic acids is 2. The minimum absolute atomic E-state index is 0.169. The van der Waals surface area contributed by atoms with Gasteiger partial charge in [-0.15, -0.1) is 0 Å². The molecule has 0 unspecified atom stereocenters. The molecule has 0 aromatic heterocycles. The fourth-order valence-electron chi connectivity index (χ4n) is 2.90. The van der Waals surface area contributed by atoms with E-state index >= 15 is 0 Å². The molecule has 0 spiro atoms. The average molecular weight is 382 g/mol. The third-order valence-corrected chi connectivity index (χ3v) is 4.55. The Hall–Kier alpha value is -3.07. The normalized spacial score (nSPS) is 15.0. The van der Waals surface area contributed by atoms with Crippen molar-refractivity contribution in [2.45, 2.75) is 45.1 Å². The number of nitrogens with one attached hydrogen (secondary N) is 1. The first-order valence-electron chi connectivity index (χ1n) is 9.46. The van der Waals surface area contributed by atoms with Crippen molar-refractivity contribution in [3.63, 3.8) is 0 Å². The fraction of sp³-hybridized carbons (Fsp3) is 0.409. The molecule has 0 fully saturated rings. The number of amides is 1. The first kappa shape index (κ1) is 21.2. The molecule has 1 aromatic carbocycles. The SMILES string of the molecule is COc1ccc(/C=C(\C#N)C(=O)O[C@@H](C)C(=O)NCCC2=CCCCC2)cc1. The minimum Gasteiger partial charge on any atom is -0.497 e. The number of nitriles is 1. The molecule has 1 atom stereocenters. The lowest BCUT2D eigenvalue weighted by molar-refractivity contribution is -0.150. The predicted molar refractivity (Wildman–Crippen MR) is 106 cm³/mol. The molecule has 1 aliphatic rings. The molecule has 1 amide bonds. The molecule has 6 nitrogen and oxygen atoms in total. The first-order chi connectivity index (χ1) is 13.5. The number of benzene rings is 1. The Bertz CT molecular complexity index is 788. The summed E-state index contributed by atoms with van der Waals surface area (Å²) in [5, 5.41) is 12.0. The lowest BCUT2D eigenvalue weighted by Crippen LogP contribution is -2.36. The fourth-order valence-corrected chi connectivity index (χ4v) is 2.90. The van der Waals surface area contributed by atoms with E-state index < -0.39 is 12.1 Å². The highest BCUT2D eigenvalue weighted by Gasteiger charge is 2.20. The molecule has 1 N–H and O–H groups in total. The van der Waals surface area contributed by atoms with Gasteiger partial charge in [-0.2, -0.15) is 5.26 Å². The van der Waals surface area contributed by atoms with E-state index in [0.29, 0.717) is 17.9 Å². The summed E-state index contributed by atoms with van der Waals surface area (Å²) in [6, 6.07) is 8.72. The van der Waals surface area contributed by atoms with Crippen LogP contribution in [0.25, 0.3) is 6.08 Å². The maximum absolute atomic E-state index is 12.2. The van der Waals surface area contributed by atoms with Gasteiger partial charge in [0.25, 0.3) is 5.91 Å². The molecular weight excluding hydrogens is 356 g/mol. The van der Waals surface area contributed by atoms with Crippen LogP contribution >= 0.6 is 0 Å². The number of nitrogens with zero attached hydrogens (tertiary/aromatic N) is 1. The molecule has 6 heteroatoms. The molecular formula is C22H26N2O4. The van der Waals surface area contributed by atoms with Gasteiger partial charge >= 0.3 is 5.97 Å². The van der Waals surface area contributed by atoms with Crippen LogP contribution in [-0.2, 0) is 14.3 Å². The summed E-state index contributed by atoms with van der Waals surface area (Å²) in [5.74, 6) is -0.519. The van der Waals surface area contributed by atoms with E-state index in [0.717, 1.165) is 19.3 Å². The summed E-state index contributed by atoms with van der Waals surface area (Å²) in [6.07, 6.45) is 8.12. The molecule has 0 radical (unpaired) electrons. The number of carbonyl (C=O) groups is 2. The van der Waals surface area contributed by atoms with Crippen LogP contribution in [0.5, 0.6) is 5.75 Å². The summed E-state index contributed by atoms with van der Waals surface area (Å²) in [6.45, 7) is 2.01. The standard InChI is InChI=1S/C22H26N2O4/c1-16(21(25)24-13-12-17-6-4-3-5-7-17)28-22(26)19(15-23)14-18-8-10-20(27-2)11-9-18/h6,8-11,14,16H,3-5,7,12-13H2,1-2H3,(H,24,25)/b19-14+/t16-/m0/s1. The Labute approximate surface area is 165 Å². The van der Waals surface area contributed by atoms with Crippen molar-refractivity contribution in [3.8, 4) is 11.8 Å². The van der Waals surface area contributed by atoms with Crippen LogP contribution in [-0.4, -0.2) is 31.6 Å². The van der Waals surface area contributed by atoms with Gasteiger partial charge < -0.3 is 14.8 Å². The second-order valence-electron chi connectivity index (χ2n) is 6.64. The Balaban J connectivity index is 1.86. The van der Waals surface area contributed by atoms with Gasteiger partial charge in [0.2, 0.25) is 0 Å². The number of esters is 1. The van der Waals surface area contributed by atoms with Gasteiger partial charge in [-0.05, 0) is 62.8 Å². The first-order valence-corrected chi connectivity index (χ1v) is 9.46. The van der Waals surface area contributed by atoms with Gasteiger partial charge in [0, 0.05) is 6.54 Å². The maximum Gasteiger partial charge on any atom is 0.349 e. The van der Waals surface area contributed by atoms with Crippen molar-refractivity contribution < 1.29 is 19.1 Å². The number of hydrogen-bond donors (Lipinski definition) is 1. The molecule has 0 saturated heterocycles. The van der Waals surface area contributed by atoms with E-state index in [4.69, 9.17) is 9.47 Å². The maximum atomic E-state index is 12.2. The van der Waals surface area contributed by atoms with E-state index in [-0.39, 0.29) is 11.5 Å². The molecule has 0 heterocycles. The van der Waals surface area contributed by atoms with E-state index in [9.17, 15) is 14.9 Å². The minimum atomic E-state index is -0.972. The van der Waals surface area contributed by atoms with E-state index in [1.54, 1.807) is 31.4 Å². The number of allylic oxidation sites excluding steroid dienone is 1. The van der Waals surface area contributed by atoms with Crippen LogP contribution < -0.4 is 10.1 Å². The Morgan fingerprint density at radius 3 is 2.64 bits per heavy atom. The summed E-state index contributed by atoms with van der Waals surface area (Å²) in [4.78, 5) is 24.3. The summed E-state index contributed by atoms with van der Waals surface area (Å²) >= 11 is 0. The quantitative estimate of drug-likeness (QED) is 0.321. The van der Waals surface area contributed by atoms with Crippen molar-refractivity contribution >= 4 is 18.0 Å². The van der Waals surface area contributed by atoms with Gasteiger partial charge in [0.1, 0.15) is 17.4 Å². The second-order valence-corrected chi connectivity index (χ2v) is 6.64. The van der Waals surface area contributed by atoms with Crippen molar-refractivity contribution in [2.75, 3.05) is 13.7 Å². The monoisotopic (exact) mass is 382 g/mol. The van der Waals surface area contributed by atoms with Crippen molar-refractivity contribution in [1.82, 2.24) is 5.32 Å². The largest absolute Gasteiger partial charge is 0.497 e. The van der Waals surface area contributed by atoms with E-state index in [1.165, 1.54) is 31.4 Å². The predicted octanol–water partition coefficient (Wildman–Crippen LogP) is 3.54. The number of hydrogen-bond acceptors (Lipinski definition) is 5. The highest BCUT2D eigenvalue weighted by atomic mass is 16.5. The van der Waals surface area contributed by atoms with Crippen molar-refractivity contribution in [1.29, 1.82) is 5.26 Å². The molecule has 0 bridgehead atoms. The molecule has 0 saturated carbocycles. The molecule has 28 heavy (non-hydrogen) atoms. The third kappa shape index (κ3) is 6.58. The average Bonchev–Trinajstić information content (AvgIpc) is 2.72. The Morgan fingerprint density at radius 1 is 1.29 bits per heavy atom. The number of methoxy groups -OCH3 is 1. The third-order valence-electron chi connectivity index (χ3n) is 4.55. The van der Waals surface area contributed by atoms with E-state index in [2.05, 4.69) is 11.4 Å². The number of rotatable bonds is 8. The molecule has 0 aliphatic heterocycles. The van der Waals surface area contributed by atoms with Crippen molar-refractivity contribution in [3.05, 3.63) is 47.1 Å². The molecule has 1 aromatic rings. The van der Waals surface area contributed by atoms with Crippen LogP contribution in [0.1, 0.15) is 44.6 Å². The van der Waals surface area contributed by atoms with Crippen LogP contribution in [0.2, 0.25) is 0 Å². The van der Waals surface area contributed by atoms with Gasteiger partial charge in [-0.25, -0.2) is 4.79 Å². The van der Waals surface area contributed by atoms with Gasteiger partial charge in [-0.1, -0.05) is 23.8 Å². The zero-order valence-corrected chi connectivity index (χ0v) is 16.4. The molecule has 148 valence electrons. The Morgan fingerprint density at radius 2 is 2.04 bits per heavy atom. The Kier molecular flexibility index (Phi) is 8.29. The molecule has 1 aliphatic carbocycles. The van der Waals surface area contributed by atoms with Crippen molar-refractivity contribution in [2.24, 2.45) is 0 Å². The summed E-state index contributed by atoms with van der Waals surface area (Å²) < 4.78 is 10.2. The van der Waals surface area contributed by atoms with Gasteiger partial charge in [0.05, 0.1) is 7.11 Å². The summed E-state index contributed by atoms with van der Waals surface area (Å²) in [5.41, 5.74) is 1.86. The highest BCUT2D eigenvalue weighted by Crippen LogP contribution is 2.19. The van der Waals surface area contributed by atoms with Crippen LogP contribution in [0, 0.1) is 11.3 Å². The van der Waals surface area contributed by atoms with Crippen LogP contribution in [0.15, 0.2) is 41.5 Å². The zero-order valence-electron chi connectivity index (χ0n) is 16.4.